The van der Waals surface area contributed by atoms with E-state index in [4.69, 9.17) is 0 Å². The van der Waals surface area contributed by atoms with Crippen LogP contribution < -0.4 is 0 Å². The summed E-state index contributed by atoms with van der Waals surface area (Å²) in [5, 5.41) is 0. The van der Waals surface area contributed by atoms with E-state index in [0.717, 1.165) is 56.2 Å². The van der Waals surface area contributed by atoms with Gasteiger partial charge in [0, 0.05) is 47.0 Å². The lowest BCUT2D eigenvalue weighted by Crippen LogP contribution is -1.91. The van der Waals surface area contributed by atoms with E-state index < -0.39 is 0 Å². The maximum atomic E-state index is 4.61. The van der Waals surface area contributed by atoms with E-state index in [1.54, 1.807) is 0 Å². The normalized spacial score (nSPS) is 10.8. The fourth-order valence-corrected chi connectivity index (χ4v) is 4.31. The van der Waals surface area contributed by atoms with Crippen LogP contribution in [0.4, 0.5) is 0 Å². The number of aromatic nitrogens is 4. The molecule has 0 atom stereocenters. The Bertz CT molecular complexity index is 1360. The van der Waals surface area contributed by atoms with Crippen molar-refractivity contribution in [2.75, 3.05) is 0 Å². The summed E-state index contributed by atoms with van der Waals surface area (Å²) in [6.45, 7) is 0. The number of rotatable bonds is 5. The maximum absolute atomic E-state index is 4.61. The predicted octanol–water partition coefficient (Wildman–Crippen LogP) is 7.60. The van der Waals surface area contributed by atoms with Gasteiger partial charge in [-0.3, -0.25) is 19.9 Å². The van der Waals surface area contributed by atoms with Crippen molar-refractivity contribution in [3.63, 3.8) is 0 Å². The minimum atomic E-state index is 0.919. The van der Waals surface area contributed by atoms with Gasteiger partial charge in [0.25, 0.3) is 0 Å². The number of hydrogen-bond acceptors (Lipinski definition) is 4. The summed E-state index contributed by atoms with van der Waals surface area (Å²) < 4.78 is 0. The van der Waals surface area contributed by atoms with E-state index in [9.17, 15) is 0 Å². The van der Waals surface area contributed by atoms with Crippen LogP contribution in [0.3, 0.4) is 0 Å². The third-order valence-corrected chi connectivity index (χ3v) is 6.04. The van der Waals surface area contributed by atoms with Gasteiger partial charge in [-0.1, -0.05) is 24.3 Å². The molecular formula is C32H22N4. The molecule has 6 aromatic rings. The van der Waals surface area contributed by atoms with Crippen LogP contribution in [0.5, 0.6) is 0 Å². The lowest BCUT2D eigenvalue weighted by molar-refractivity contribution is 1.30. The average molecular weight is 463 g/mol. The average Bonchev–Trinajstić information content (AvgIpc) is 2.98. The molecule has 0 aliphatic heterocycles. The van der Waals surface area contributed by atoms with Gasteiger partial charge in [0.2, 0.25) is 0 Å². The van der Waals surface area contributed by atoms with Crippen LogP contribution in [-0.2, 0) is 0 Å². The lowest BCUT2D eigenvalue weighted by Gasteiger charge is -2.13. The Kier molecular flexibility index (Phi) is 5.83. The molecule has 0 N–H and O–H groups in total. The van der Waals surface area contributed by atoms with E-state index >= 15 is 0 Å². The van der Waals surface area contributed by atoms with Gasteiger partial charge in [-0.05, 0) is 96.1 Å². The molecule has 0 unspecified atom stereocenters. The first-order valence-electron chi connectivity index (χ1n) is 11.8. The zero-order valence-electron chi connectivity index (χ0n) is 19.5. The molecule has 4 aromatic heterocycles. The second kappa shape index (κ2) is 9.72. The summed E-state index contributed by atoms with van der Waals surface area (Å²) in [7, 11) is 0. The van der Waals surface area contributed by atoms with Crippen molar-refractivity contribution in [2.45, 2.75) is 0 Å². The van der Waals surface area contributed by atoms with Crippen LogP contribution in [0.15, 0.2) is 134 Å². The van der Waals surface area contributed by atoms with Crippen molar-refractivity contribution in [3.05, 3.63) is 134 Å². The van der Waals surface area contributed by atoms with E-state index in [1.807, 2.05) is 97.6 Å². The monoisotopic (exact) mass is 462 g/mol. The summed E-state index contributed by atoms with van der Waals surface area (Å²) in [5.41, 5.74) is 9.98. The molecule has 0 fully saturated rings. The molecule has 0 aliphatic rings. The SMILES string of the molecule is c1ccc(-c2cc(-c3cc(-c4ccccn4)cc(-c4ccccn4)c3)cc(-c3ccccn3)c2)nc1. The molecule has 4 nitrogen and oxygen atoms in total. The van der Waals surface area contributed by atoms with Crippen LogP contribution in [-0.4, -0.2) is 19.9 Å². The van der Waals surface area contributed by atoms with Crippen molar-refractivity contribution < 1.29 is 0 Å². The molecule has 0 saturated heterocycles. The first kappa shape index (κ1) is 21.6. The summed E-state index contributed by atoms with van der Waals surface area (Å²) in [4.78, 5) is 18.4. The van der Waals surface area contributed by atoms with Gasteiger partial charge in [0.05, 0.1) is 22.8 Å². The smallest absolute Gasteiger partial charge is 0.0702 e. The Morgan fingerprint density at radius 2 is 0.528 bits per heavy atom. The summed E-state index contributed by atoms with van der Waals surface area (Å²) in [5.74, 6) is 0. The second-order valence-corrected chi connectivity index (χ2v) is 8.46. The molecule has 0 saturated carbocycles. The lowest BCUT2D eigenvalue weighted by atomic mass is 9.93. The molecule has 2 aromatic carbocycles. The van der Waals surface area contributed by atoms with E-state index in [-0.39, 0.29) is 0 Å². The van der Waals surface area contributed by atoms with Gasteiger partial charge in [-0.2, -0.15) is 0 Å². The summed E-state index contributed by atoms with van der Waals surface area (Å²) in [6.07, 6.45) is 7.29. The number of hydrogen-bond donors (Lipinski definition) is 0. The molecule has 170 valence electrons. The van der Waals surface area contributed by atoms with Gasteiger partial charge in [0.15, 0.2) is 0 Å². The van der Waals surface area contributed by atoms with E-state index in [0.29, 0.717) is 0 Å². The Balaban J connectivity index is 1.58. The molecule has 0 bridgehead atoms. The minimum Gasteiger partial charge on any atom is -0.256 e. The Morgan fingerprint density at radius 3 is 0.750 bits per heavy atom. The quantitative estimate of drug-likeness (QED) is 0.265. The molecule has 6 rings (SSSR count). The predicted molar refractivity (Wildman–Crippen MR) is 145 cm³/mol. The molecule has 0 amide bonds. The highest BCUT2D eigenvalue weighted by atomic mass is 14.7. The van der Waals surface area contributed by atoms with Crippen LogP contribution in [0, 0.1) is 0 Å². The van der Waals surface area contributed by atoms with Gasteiger partial charge in [0.1, 0.15) is 0 Å². The van der Waals surface area contributed by atoms with Gasteiger partial charge >= 0.3 is 0 Å². The maximum Gasteiger partial charge on any atom is 0.0702 e. The third kappa shape index (κ3) is 4.52. The van der Waals surface area contributed by atoms with E-state index in [1.165, 1.54) is 0 Å². The van der Waals surface area contributed by atoms with E-state index in [2.05, 4.69) is 56.3 Å². The standard InChI is InChI=1S/C32H22N4/c1-5-13-33-29(9-1)25-17-23(18-26(21-25)30-10-2-6-14-34-30)24-19-27(31-11-3-7-15-35-31)22-28(20-24)32-12-4-8-16-36-32/h1-22H. The fourth-order valence-electron chi connectivity index (χ4n) is 4.31. The molecule has 0 radical (unpaired) electrons. The van der Waals surface area contributed by atoms with Crippen molar-refractivity contribution in [1.82, 2.24) is 19.9 Å². The van der Waals surface area contributed by atoms with Crippen molar-refractivity contribution in [1.29, 1.82) is 0 Å². The molecule has 0 aliphatic carbocycles. The first-order valence-corrected chi connectivity index (χ1v) is 11.8. The van der Waals surface area contributed by atoms with Crippen LogP contribution in [0.25, 0.3) is 56.2 Å². The molecular weight excluding hydrogens is 440 g/mol. The number of pyridine rings is 4. The molecule has 0 spiro atoms. The first-order chi connectivity index (χ1) is 17.8. The molecule has 4 heteroatoms. The second-order valence-electron chi connectivity index (χ2n) is 8.46. The highest BCUT2D eigenvalue weighted by molar-refractivity contribution is 5.84. The fraction of sp³-hybridized carbons (Fsp3) is 0. The Morgan fingerprint density at radius 1 is 0.278 bits per heavy atom. The zero-order chi connectivity index (χ0) is 24.2. The topological polar surface area (TPSA) is 51.6 Å². The summed E-state index contributed by atoms with van der Waals surface area (Å²) >= 11 is 0. The van der Waals surface area contributed by atoms with Crippen molar-refractivity contribution >= 4 is 0 Å². The van der Waals surface area contributed by atoms with Gasteiger partial charge in [-0.25, -0.2) is 0 Å². The highest BCUT2D eigenvalue weighted by Gasteiger charge is 2.12. The number of benzene rings is 2. The Hall–Kier alpha value is -4.96. The largest absolute Gasteiger partial charge is 0.256 e. The third-order valence-electron chi connectivity index (χ3n) is 6.04. The van der Waals surface area contributed by atoms with Gasteiger partial charge in [-0.15, -0.1) is 0 Å². The summed E-state index contributed by atoms with van der Waals surface area (Å²) in [6, 6.07) is 37.0. The minimum absolute atomic E-state index is 0.919. The van der Waals surface area contributed by atoms with Gasteiger partial charge < -0.3 is 0 Å². The Labute approximate surface area is 210 Å². The van der Waals surface area contributed by atoms with Crippen molar-refractivity contribution in [3.8, 4) is 56.2 Å². The molecule has 4 heterocycles. The highest BCUT2D eigenvalue weighted by Crippen LogP contribution is 2.35. The zero-order valence-corrected chi connectivity index (χ0v) is 19.5. The molecule has 36 heavy (non-hydrogen) atoms. The van der Waals surface area contributed by atoms with Crippen LogP contribution >= 0.6 is 0 Å². The van der Waals surface area contributed by atoms with Crippen LogP contribution in [0.2, 0.25) is 0 Å². The van der Waals surface area contributed by atoms with Crippen LogP contribution in [0.1, 0.15) is 0 Å². The number of nitrogens with zero attached hydrogens (tertiary/aromatic N) is 4. The van der Waals surface area contributed by atoms with Crippen molar-refractivity contribution in [2.24, 2.45) is 0 Å².